The molecule has 0 fully saturated rings. The van der Waals surface area contributed by atoms with Gasteiger partial charge in [-0.15, -0.1) is 0 Å². The summed E-state index contributed by atoms with van der Waals surface area (Å²) in [5.41, 5.74) is 0.994. The normalized spacial score (nSPS) is 10.2. The average Bonchev–Trinajstić information content (AvgIpc) is 2.64. The van der Waals surface area contributed by atoms with Crippen molar-refractivity contribution >= 4 is 6.03 Å². The third-order valence-electron chi connectivity index (χ3n) is 3.47. The number of hydrogen-bond acceptors (Lipinski definition) is 4. The Hall–Kier alpha value is -2.73. The second-order valence-corrected chi connectivity index (χ2v) is 5.28. The van der Waals surface area contributed by atoms with Crippen LogP contribution in [0.25, 0.3) is 0 Å². The van der Waals surface area contributed by atoms with E-state index in [1.54, 1.807) is 6.07 Å². The van der Waals surface area contributed by atoms with Crippen molar-refractivity contribution in [3.8, 4) is 11.5 Å². The highest BCUT2D eigenvalue weighted by Gasteiger charge is 2.13. The Bertz CT molecular complexity index is 649. The van der Waals surface area contributed by atoms with E-state index in [0.717, 1.165) is 5.56 Å². The van der Waals surface area contributed by atoms with Crippen LogP contribution in [0.3, 0.4) is 0 Å². The molecule has 0 aromatic heterocycles. The summed E-state index contributed by atoms with van der Waals surface area (Å²) in [5.74, 6) is 1.21. The van der Waals surface area contributed by atoms with Gasteiger partial charge in [0.1, 0.15) is 0 Å². The molecule has 2 rings (SSSR count). The van der Waals surface area contributed by atoms with Crippen LogP contribution in [0, 0.1) is 0 Å². The van der Waals surface area contributed by atoms with Crippen molar-refractivity contribution in [2.24, 2.45) is 0 Å². The standard InChI is InChI=1S/C19H24N2O4/c1-2-24-17-10-6-7-11-18(17)25-15-20-19(23)21(12-13-22)14-16-8-4-3-5-9-16/h3-11,22H,2,12-15H2,1H3,(H,20,23). The number of rotatable bonds is 9. The van der Waals surface area contributed by atoms with Gasteiger partial charge in [0.05, 0.1) is 13.2 Å². The predicted octanol–water partition coefficient (Wildman–Crippen LogP) is 2.63. The fourth-order valence-corrected chi connectivity index (χ4v) is 2.31. The van der Waals surface area contributed by atoms with Gasteiger partial charge in [-0.1, -0.05) is 42.5 Å². The highest BCUT2D eigenvalue weighted by molar-refractivity contribution is 5.74. The number of benzene rings is 2. The van der Waals surface area contributed by atoms with E-state index in [4.69, 9.17) is 9.47 Å². The van der Waals surface area contributed by atoms with E-state index in [2.05, 4.69) is 5.32 Å². The van der Waals surface area contributed by atoms with Crippen molar-refractivity contribution in [3.63, 3.8) is 0 Å². The lowest BCUT2D eigenvalue weighted by Gasteiger charge is -2.22. The van der Waals surface area contributed by atoms with Gasteiger partial charge < -0.3 is 24.8 Å². The van der Waals surface area contributed by atoms with Crippen LogP contribution < -0.4 is 14.8 Å². The minimum atomic E-state index is -0.299. The Morgan fingerprint density at radius 3 is 2.32 bits per heavy atom. The first-order valence-corrected chi connectivity index (χ1v) is 8.26. The zero-order valence-electron chi connectivity index (χ0n) is 14.4. The Morgan fingerprint density at radius 2 is 1.68 bits per heavy atom. The molecule has 0 spiro atoms. The molecule has 6 nitrogen and oxygen atoms in total. The molecule has 6 heteroatoms. The summed E-state index contributed by atoms with van der Waals surface area (Å²) in [6.07, 6.45) is 0. The topological polar surface area (TPSA) is 71.0 Å². The largest absolute Gasteiger partial charge is 0.490 e. The highest BCUT2D eigenvalue weighted by atomic mass is 16.5. The van der Waals surface area contributed by atoms with Crippen LogP contribution in [-0.4, -0.2) is 42.5 Å². The summed E-state index contributed by atoms with van der Waals surface area (Å²) in [7, 11) is 0. The van der Waals surface area contributed by atoms with Crippen molar-refractivity contribution in [2.45, 2.75) is 13.5 Å². The molecular formula is C19H24N2O4. The lowest BCUT2D eigenvalue weighted by Crippen LogP contribution is -2.42. The summed E-state index contributed by atoms with van der Waals surface area (Å²) in [4.78, 5) is 13.9. The zero-order chi connectivity index (χ0) is 17.9. The van der Waals surface area contributed by atoms with Gasteiger partial charge in [0.25, 0.3) is 0 Å². The molecule has 0 bridgehead atoms. The molecule has 2 aromatic rings. The minimum Gasteiger partial charge on any atom is -0.490 e. The Labute approximate surface area is 148 Å². The smallest absolute Gasteiger partial charge is 0.320 e. The molecule has 0 unspecified atom stereocenters. The molecule has 0 aliphatic heterocycles. The number of hydrogen-bond donors (Lipinski definition) is 2. The first-order chi connectivity index (χ1) is 12.2. The number of para-hydroxylation sites is 2. The van der Waals surface area contributed by atoms with Gasteiger partial charge in [-0.05, 0) is 24.6 Å². The van der Waals surface area contributed by atoms with E-state index in [9.17, 15) is 9.90 Å². The second kappa shape index (κ2) is 10.2. The van der Waals surface area contributed by atoms with Crippen molar-refractivity contribution in [2.75, 3.05) is 26.5 Å². The molecule has 0 aliphatic rings. The summed E-state index contributed by atoms with van der Waals surface area (Å²) in [5, 5.41) is 11.9. The number of urea groups is 1. The molecule has 0 heterocycles. The zero-order valence-corrected chi connectivity index (χ0v) is 14.4. The van der Waals surface area contributed by atoms with Crippen molar-refractivity contribution < 1.29 is 19.4 Å². The summed E-state index contributed by atoms with van der Waals surface area (Å²) in [6, 6.07) is 16.6. The Kier molecular flexibility index (Phi) is 7.59. The Morgan fingerprint density at radius 1 is 1.04 bits per heavy atom. The molecule has 2 aromatic carbocycles. The van der Waals surface area contributed by atoms with Crippen molar-refractivity contribution in [3.05, 3.63) is 60.2 Å². The van der Waals surface area contributed by atoms with E-state index < -0.39 is 0 Å². The van der Waals surface area contributed by atoms with Gasteiger partial charge in [-0.2, -0.15) is 0 Å². The van der Waals surface area contributed by atoms with Crippen LogP contribution in [0.15, 0.2) is 54.6 Å². The van der Waals surface area contributed by atoms with Crippen LogP contribution in [0.5, 0.6) is 11.5 Å². The number of nitrogens with one attached hydrogen (secondary N) is 1. The second-order valence-electron chi connectivity index (χ2n) is 5.28. The number of ether oxygens (including phenoxy) is 2. The molecule has 134 valence electrons. The van der Waals surface area contributed by atoms with E-state index in [-0.39, 0.29) is 25.9 Å². The van der Waals surface area contributed by atoms with Crippen LogP contribution in [0.4, 0.5) is 4.79 Å². The summed E-state index contributed by atoms with van der Waals surface area (Å²) in [6.45, 7) is 3.01. The van der Waals surface area contributed by atoms with E-state index in [0.29, 0.717) is 24.7 Å². The van der Waals surface area contributed by atoms with Gasteiger partial charge >= 0.3 is 6.03 Å². The maximum atomic E-state index is 12.3. The minimum absolute atomic E-state index is 0.0135. The third-order valence-corrected chi connectivity index (χ3v) is 3.47. The molecule has 0 atom stereocenters. The van der Waals surface area contributed by atoms with Crippen LogP contribution >= 0.6 is 0 Å². The van der Waals surface area contributed by atoms with Crippen LogP contribution in [-0.2, 0) is 6.54 Å². The monoisotopic (exact) mass is 344 g/mol. The quantitative estimate of drug-likeness (QED) is 0.686. The molecule has 0 aliphatic carbocycles. The predicted molar refractivity (Wildman–Crippen MR) is 95.6 cm³/mol. The molecule has 25 heavy (non-hydrogen) atoms. The summed E-state index contributed by atoms with van der Waals surface area (Å²) >= 11 is 0. The van der Waals surface area contributed by atoms with Crippen LogP contribution in [0.1, 0.15) is 12.5 Å². The highest BCUT2D eigenvalue weighted by Crippen LogP contribution is 2.25. The van der Waals surface area contributed by atoms with Gasteiger partial charge in [0, 0.05) is 13.1 Å². The first-order valence-electron chi connectivity index (χ1n) is 8.26. The maximum Gasteiger partial charge on any atom is 0.320 e. The van der Waals surface area contributed by atoms with Gasteiger partial charge in [0.2, 0.25) is 0 Å². The number of carbonyl (C=O) groups is 1. The van der Waals surface area contributed by atoms with Gasteiger partial charge in [-0.25, -0.2) is 4.79 Å². The van der Waals surface area contributed by atoms with Gasteiger partial charge in [-0.3, -0.25) is 0 Å². The summed E-state index contributed by atoms with van der Waals surface area (Å²) < 4.78 is 11.1. The first kappa shape index (κ1) is 18.6. The Balaban J connectivity index is 1.88. The molecule has 0 radical (unpaired) electrons. The van der Waals surface area contributed by atoms with E-state index >= 15 is 0 Å². The van der Waals surface area contributed by atoms with Gasteiger partial charge in [0.15, 0.2) is 18.2 Å². The molecule has 0 saturated heterocycles. The SMILES string of the molecule is CCOc1ccccc1OCNC(=O)N(CCO)Cc1ccccc1. The fraction of sp³-hybridized carbons (Fsp3) is 0.316. The van der Waals surface area contributed by atoms with Crippen molar-refractivity contribution in [1.29, 1.82) is 0 Å². The number of nitrogens with zero attached hydrogens (tertiary/aromatic N) is 1. The molecule has 2 amide bonds. The lowest BCUT2D eigenvalue weighted by molar-refractivity contribution is 0.163. The number of amides is 2. The third kappa shape index (κ3) is 6.00. The molecular weight excluding hydrogens is 320 g/mol. The average molecular weight is 344 g/mol. The van der Waals surface area contributed by atoms with Crippen LogP contribution in [0.2, 0.25) is 0 Å². The fourth-order valence-electron chi connectivity index (χ4n) is 2.31. The van der Waals surface area contributed by atoms with E-state index in [1.165, 1.54) is 4.90 Å². The number of carbonyl (C=O) groups excluding carboxylic acids is 1. The number of aliphatic hydroxyl groups is 1. The van der Waals surface area contributed by atoms with E-state index in [1.807, 2.05) is 55.5 Å². The molecule has 0 saturated carbocycles. The lowest BCUT2D eigenvalue weighted by atomic mass is 10.2. The molecule has 2 N–H and O–H groups in total. The maximum absolute atomic E-state index is 12.3. The van der Waals surface area contributed by atoms with Crippen molar-refractivity contribution in [1.82, 2.24) is 10.2 Å². The number of aliphatic hydroxyl groups excluding tert-OH is 1.